The van der Waals surface area contributed by atoms with E-state index in [-0.39, 0.29) is 5.91 Å². The van der Waals surface area contributed by atoms with Crippen LogP contribution in [0.3, 0.4) is 0 Å². The highest BCUT2D eigenvalue weighted by Crippen LogP contribution is 2.31. The number of carbonyl (C=O) groups is 1. The van der Waals surface area contributed by atoms with Gasteiger partial charge in [0.2, 0.25) is 5.91 Å². The van der Waals surface area contributed by atoms with Crippen LogP contribution >= 0.6 is 0 Å². The van der Waals surface area contributed by atoms with Crippen LogP contribution in [0.4, 0.5) is 5.69 Å². The molecular weight excluding hydrogens is 214 g/mol. The highest BCUT2D eigenvalue weighted by molar-refractivity contribution is 5.97. The van der Waals surface area contributed by atoms with E-state index in [0.717, 1.165) is 17.0 Å². The fraction of sp³-hybridized carbons (Fsp3) is 0.357. The summed E-state index contributed by atoms with van der Waals surface area (Å²) in [7, 11) is 0. The zero-order valence-corrected chi connectivity index (χ0v) is 10.4. The van der Waals surface area contributed by atoms with Gasteiger partial charge in [0, 0.05) is 11.0 Å². The number of fused-ring (bicyclic) bond motifs is 1. The van der Waals surface area contributed by atoms with Gasteiger partial charge in [0.05, 0.1) is 5.69 Å². The Morgan fingerprint density at radius 1 is 1.35 bits per heavy atom. The molecule has 1 aliphatic heterocycles. The number of hydrogen-bond acceptors (Lipinski definition) is 2. The predicted molar refractivity (Wildman–Crippen MR) is 69.1 cm³/mol. The number of amides is 1. The van der Waals surface area contributed by atoms with Crippen molar-refractivity contribution in [3.63, 3.8) is 0 Å². The summed E-state index contributed by atoms with van der Waals surface area (Å²) in [4.78, 5) is 11.9. The van der Waals surface area contributed by atoms with Crippen LogP contribution in [0.5, 0.6) is 5.75 Å². The van der Waals surface area contributed by atoms with Crippen molar-refractivity contribution in [1.29, 1.82) is 0 Å². The highest BCUT2D eigenvalue weighted by Gasteiger charge is 2.22. The molecule has 0 saturated carbocycles. The first-order valence-electron chi connectivity index (χ1n) is 5.72. The number of ether oxygens (including phenoxy) is 1. The van der Waals surface area contributed by atoms with Gasteiger partial charge in [0.15, 0.2) is 0 Å². The van der Waals surface area contributed by atoms with Crippen molar-refractivity contribution in [2.75, 3.05) is 11.9 Å². The topological polar surface area (TPSA) is 38.3 Å². The maximum Gasteiger partial charge on any atom is 0.229 e. The van der Waals surface area contributed by atoms with Gasteiger partial charge >= 0.3 is 0 Å². The summed E-state index contributed by atoms with van der Waals surface area (Å²) in [5, 5.41) is 2.94. The van der Waals surface area contributed by atoms with E-state index in [0.29, 0.717) is 6.61 Å². The van der Waals surface area contributed by atoms with Crippen LogP contribution in [0.1, 0.15) is 26.3 Å². The average molecular weight is 231 g/mol. The smallest absolute Gasteiger partial charge is 0.229 e. The van der Waals surface area contributed by atoms with E-state index < -0.39 is 5.41 Å². The number of anilines is 1. The summed E-state index contributed by atoms with van der Waals surface area (Å²) >= 11 is 0. The standard InChI is InChI=1S/C14H17NO2/c1-14(2,3)13(16)15-11-7-4-8-12-10(11)6-5-9-17-12/h4-8H,9H2,1-3H3,(H,15,16). The van der Waals surface area contributed by atoms with Crippen molar-refractivity contribution in [3.05, 3.63) is 29.8 Å². The Kier molecular flexibility index (Phi) is 2.92. The lowest BCUT2D eigenvalue weighted by molar-refractivity contribution is -0.123. The molecule has 1 N–H and O–H groups in total. The minimum Gasteiger partial charge on any atom is -0.489 e. The van der Waals surface area contributed by atoms with E-state index >= 15 is 0 Å². The van der Waals surface area contributed by atoms with Crippen LogP contribution < -0.4 is 10.1 Å². The molecule has 0 spiro atoms. The molecule has 0 fully saturated rings. The summed E-state index contributed by atoms with van der Waals surface area (Å²) in [6.07, 6.45) is 3.92. The molecule has 0 bridgehead atoms. The Morgan fingerprint density at radius 3 is 2.82 bits per heavy atom. The number of carbonyl (C=O) groups excluding carboxylic acids is 1. The van der Waals surface area contributed by atoms with Gasteiger partial charge in [0.25, 0.3) is 0 Å². The number of nitrogens with one attached hydrogen (secondary N) is 1. The molecule has 17 heavy (non-hydrogen) atoms. The molecule has 0 radical (unpaired) electrons. The molecule has 1 aliphatic rings. The van der Waals surface area contributed by atoms with Gasteiger partial charge < -0.3 is 10.1 Å². The zero-order chi connectivity index (χ0) is 12.5. The number of benzene rings is 1. The molecule has 0 aromatic heterocycles. The van der Waals surface area contributed by atoms with Crippen molar-refractivity contribution in [1.82, 2.24) is 0 Å². The second-order valence-electron chi connectivity index (χ2n) is 5.13. The third kappa shape index (κ3) is 2.49. The average Bonchev–Trinajstić information content (AvgIpc) is 2.28. The van der Waals surface area contributed by atoms with Crippen molar-refractivity contribution >= 4 is 17.7 Å². The van der Waals surface area contributed by atoms with Crippen LogP contribution in [0, 0.1) is 5.41 Å². The van der Waals surface area contributed by atoms with Gasteiger partial charge in [-0.3, -0.25) is 4.79 Å². The van der Waals surface area contributed by atoms with Gasteiger partial charge in [-0.25, -0.2) is 0 Å². The summed E-state index contributed by atoms with van der Waals surface area (Å²) in [5.41, 5.74) is 1.34. The van der Waals surface area contributed by atoms with Crippen molar-refractivity contribution < 1.29 is 9.53 Å². The minimum absolute atomic E-state index is 0.00451. The maximum absolute atomic E-state index is 11.9. The fourth-order valence-corrected chi connectivity index (χ4v) is 1.56. The van der Waals surface area contributed by atoms with Crippen molar-refractivity contribution in [2.24, 2.45) is 5.41 Å². The molecule has 3 nitrogen and oxygen atoms in total. The normalized spacial score (nSPS) is 13.8. The van der Waals surface area contributed by atoms with E-state index in [4.69, 9.17) is 4.74 Å². The Morgan fingerprint density at radius 2 is 2.12 bits per heavy atom. The highest BCUT2D eigenvalue weighted by atomic mass is 16.5. The van der Waals surface area contributed by atoms with Gasteiger partial charge in [-0.05, 0) is 24.3 Å². The Balaban J connectivity index is 2.29. The Labute approximate surface area is 101 Å². The summed E-state index contributed by atoms with van der Waals surface area (Å²) in [6.45, 7) is 6.27. The summed E-state index contributed by atoms with van der Waals surface area (Å²) < 4.78 is 5.49. The quantitative estimate of drug-likeness (QED) is 0.806. The van der Waals surface area contributed by atoms with Crippen LogP contribution in [0.15, 0.2) is 24.3 Å². The maximum atomic E-state index is 11.9. The molecule has 2 rings (SSSR count). The first-order chi connectivity index (χ1) is 7.98. The fourth-order valence-electron chi connectivity index (χ4n) is 1.56. The lowest BCUT2D eigenvalue weighted by Crippen LogP contribution is -2.28. The predicted octanol–water partition coefficient (Wildman–Crippen LogP) is 3.08. The second-order valence-corrected chi connectivity index (χ2v) is 5.13. The third-order valence-electron chi connectivity index (χ3n) is 2.62. The van der Waals surface area contributed by atoms with Crippen LogP contribution in [-0.4, -0.2) is 12.5 Å². The van der Waals surface area contributed by atoms with E-state index in [2.05, 4.69) is 5.32 Å². The van der Waals surface area contributed by atoms with E-state index in [9.17, 15) is 4.79 Å². The molecule has 1 aromatic rings. The largest absolute Gasteiger partial charge is 0.489 e. The zero-order valence-electron chi connectivity index (χ0n) is 10.4. The Bertz CT molecular complexity index is 470. The van der Waals surface area contributed by atoms with E-state index in [1.807, 2.05) is 51.1 Å². The first kappa shape index (κ1) is 11.7. The minimum atomic E-state index is -0.401. The first-order valence-corrected chi connectivity index (χ1v) is 5.72. The van der Waals surface area contributed by atoms with Gasteiger partial charge in [-0.15, -0.1) is 0 Å². The molecule has 1 heterocycles. The van der Waals surface area contributed by atoms with Crippen LogP contribution in [0.25, 0.3) is 6.08 Å². The molecular formula is C14H17NO2. The molecule has 0 saturated heterocycles. The number of hydrogen-bond donors (Lipinski definition) is 1. The van der Waals surface area contributed by atoms with E-state index in [1.165, 1.54) is 0 Å². The molecule has 90 valence electrons. The van der Waals surface area contributed by atoms with Crippen LogP contribution in [0.2, 0.25) is 0 Å². The molecule has 0 unspecified atom stereocenters. The monoisotopic (exact) mass is 231 g/mol. The van der Waals surface area contributed by atoms with Gasteiger partial charge in [0.1, 0.15) is 12.4 Å². The molecule has 1 aromatic carbocycles. The van der Waals surface area contributed by atoms with Gasteiger partial charge in [-0.2, -0.15) is 0 Å². The van der Waals surface area contributed by atoms with Crippen molar-refractivity contribution in [2.45, 2.75) is 20.8 Å². The number of rotatable bonds is 1. The summed E-state index contributed by atoms with van der Waals surface area (Å²) in [6, 6.07) is 5.68. The second kappa shape index (κ2) is 4.24. The molecule has 0 aliphatic carbocycles. The lowest BCUT2D eigenvalue weighted by atomic mass is 9.95. The lowest BCUT2D eigenvalue weighted by Gasteiger charge is -2.21. The molecule has 1 amide bonds. The van der Waals surface area contributed by atoms with Gasteiger partial charge in [-0.1, -0.05) is 26.8 Å². The third-order valence-corrected chi connectivity index (χ3v) is 2.62. The Hall–Kier alpha value is -1.77. The SMILES string of the molecule is CC(C)(C)C(=O)Nc1cccc2c1C=CCO2. The van der Waals surface area contributed by atoms with E-state index in [1.54, 1.807) is 0 Å². The molecule has 3 heteroatoms. The van der Waals surface area contributed by atoms with Crippen LogP contribution in [-0.2, 0) is 4.79 Å². The summed E-state index contributed by atoms with van der Waals surface area (Å²) in [5.74, 6) is 0.823. The molecule has 0 atom stereocenters. The van der Waals surface area contributed by atoms with Crippen molar-refractivity contribution in [3.8, 4) is 5.75 Å².